The van der Waals surface area contributed by atoms with E-state index >= 15 is 0 Å². The van der Waals surface area contributed by atoms with Crippen molar-refractivity contribution in [1.29, 1.82) is 0 Å². The zero-order chi connectivity index (χ0) is 18.5. The van der Waals surface area contributed by atoms with Crippen LogP contribution in [-0.4, -0.2) is 30.8 Å². The van der Waals surface area contributed by atoms with E-state index in [1.54, 1.807) is 26.1 Å². The molecule has 7 heteroatoms. The normalized spacial score (nSPS) is 12.1. The predicted octanol–water partition coefficient (Wildman–Crippen LogP) is 1.76. The van der Waals surface area contributed by atoms with E-state index in [0.29, 0.717) is 22.2 Å². The summed E-state index contributed by atoms with van der Waals surface area (Å²) in [6.45, 7) is 3.14. The van der Waals surface area contributed by atoms with Gasteiger partial charge in [0.15, 0.2) is 0 Å². The third-order valence-electron chi connectivity index (χ3n) is 4.58. The molecule has 26 heavy (non-hydrogen) atoms. The lowest BCUT2D eigenvalue weighted by Gasteiger charge is -2.23. The van der Waals surface area contributed by atoms with Crippen molar-refractivity contribution in [2.75, 3.05) is 6.61 Å². The monoisotopic (exact) mass is 350 g/mol. The van der Waals surface area contributed by atoms with Crippen molar-refractivity contribution in [3.63, 3.8) is 0 Å². The summed E-state index contributed by atoms with van der Waals surface area (Å²) in [5, 5.41) is 10.4. The van der Waals surface area contributed by atoms with E-state index in [4.69, 9.17) is 0 Å². The molecule has 3 heterocycles. The van der Waals surface area contributed by atoms with Crippen LogP contribution in [0.25, 0.3) is 27.8 Å². The Kier molecular flexibility index (Phi) is 3.55. The molecule has 0 fully saturated rings. The second-order valence-corrected chi connectivity index (χ2v) is 6.81. The third-order valence-corrected chi connectivity index (χ3v) is 4.58. The van der Waals surface area contributed by atoms with Gasteiger partial charge < -0.3 is 10.1 Å². The number of H-pyrrole nitrogens is 1. The first-order chi connectivity index (χ1) is 12.5. The summed E-state index contributed by atoms with van der Waals surface area (Å²) < 4.78 is 2.82. The number of hydrogen-bond acceptors (Lipinski definition) is 4. The summed E-state index contributed by atoms with van der Waals surface area (Å²) in [7, 11) is 0. The number of para-hydroxylation sites is 1. The van der Waals surface area contributed by atoms with Crippen LogP contribution in [0.5, 0.6) is 0 Å². The zero-order valence-electron chi connectivity index (χ0n) is 14.4. The fraction of sp³-hybridized carbons (Fsp3) is 0.211. The van der Waals surface area contributed by atoms with Crippen LogP contribution in [0, 0.1) is 0 Å². The first-order valence-electron chi connectivity index (χ1n) is 8.27. The van der Waals surface area contributed by atoms with Crippen molar-refractivity contribution in [2.45, 2.75) is 19.4 Å². The smallest absolute Gasteiger partial charge is 0.327 e. The topological polar surface area (TPSA) is 92.9 Å². The largest absolute Gasteiger partial charge is 0.394 e. The number of aliphatic hydroxyl groups is 1. The molecule has 0 aliphatic rings. The molecule has 0 radical (unpaired) electrons. The Morgan fingerprint density at radius 1 is 1.12 bits per heavy atom. The Balaban J connectivity index is 2.29. The summed E-state index contributed by atoms with van der Waals surface area (Å²) in [5.41, 5.74) is 0.0370. The number of aromatic nitrogens is 4. The molecule has 132 valence electrons. The van der Waals surface area contributed by atoms with Crippen molar-refractivity contribution in [2.24, 2.45) is 0 Å². The van der Waals surface area contributed by atoms with Crippen molar-refractivity contribution in [3.8, 4) is 5.69 Å². The van der Waals surface area contributed by atoms with Crippen LogP contribution in [0.1, 0.15) is 13.8 Å². The van der Waals surface area contributed by atoms with E-state index in [9.17, 15) is 14.7 Å². The van der Waals surface area contributed by atoms with E-state index in [1.165, 1.54) is 9.13 Å². The van der Waals surface area contributed by atoms with Gasteiger partial charge in [-0.3, -0.25) is 13.9 Å². The summed E-state index contributed by atoms with van der Waals surface area (Å²) in [6.07, 6.45) is 1.61. The van der Waals surface area contributed by atoms with Gasteiger partial charge in [0.1, 0.15) is 11.2 Å². The molecule has 0 saturated heterocycles. The minimum Gasteiger partial charge on any atom is -0.394 e. The van der Waals surface area contributed by atoms with Crippen LogP contribution in [0.3, 0.4) is 0 Å². The van der Waals surface area contributed by atoms with Crippen LogP contribution < -0.4 is 11.2 Å². The highest BCUT2D eigenvalue weighted by Crippen LogP contribution is 2.24. The highest BCUT2D eigenvalue weighted by atomic mass is 16.3. The maximum Gasteiger partial charge on any atom is 0.327 e. The Morgan fingerprint density at radius 3 is 2.54 bits per heavy atom. The first kappa shape index (κ1) is 16.3. The molecule has 4 rings (SSSR count). The second kappa shape index (κ2) is 5.67. The molecule has 2 N–H and O–H groups in total. The van der Waals surface area contributed by atoms with Gasteiger partial charge in [-0.25, -0.2) is 9.78 Å². The van der Waals surface area contributed by atoms with E-state index < -0.39 is 11.2 Å². The summed E-state index contributed by atoms with van der Waals surface area (Å²) in [4.78, 5) is 33.2. The zero-order valence-corrected chi connectivity index (χ0v) is 14.4. The number of aromatic amines is 1. The Hall–Kier alpha value is -3.19. The molecule has 4 aromatic rings. The number of pyridine rings is 2. The van der Waals surface area contributed by atoms with Gasteiger partial charge in [-0.1, -0.05) is 18.2 Å². The number of nitrogens with zero attached hydrogens (tertiary/aromatic N) is 3. The van der Waals surface area contributed by atoms with E-state index in [0.717, 1.165) is 0 Å². The summed E-state index contributed by atoms with van der Waals surface area (Å²) in [6, 6.07) is 12.7. The quantitative estimate of drug-likeness (QED) is 0.589. The number of nitrogens with one attached hydrogen (secondary N) is 1. The molecular weight excluding hydrogens is 332 g/mol. The average Bonchev–Trinajstić information content (AvgIpc) is 3.01. The molecule has 0 amide bonds. The fourth-order valence-corrected chi connectivity index (χ4v) is 3.27. The predicted molar refractivity (Wildman–Crippen MR) is 99.9 cm³/mol. The molecule has 0 aliphatic carbocycles. The van der Waals surface area contributed by atoms with Gasteiger partial charge >= 0.3 is 5.69 Å². The number of rotatable bonds is 3. The lowest BCUT2D eigenvalue weighted by molar-refractivity contribution is 0.164. The Bertz CT molecular complexity index is 1230. The van der Waals surface area contributed by atoms with Crippen molar-refractivity contribution >= 4 is 22.1 Å². The van der Waals surface area contributed by atoms with Crippen LogP contribution >= 0.6 is 0 Å². The molecule has 3 aromatic heterocycles. The third kappa shape index (κ3) is 2.21. The van der Waals surface area contributed by atoms with Crippen molar-refractivity contribution in [3.05, 3.63) is 69.5 Å². The van der Waals surface area contributed by atoms with Gasteiger partial charge in [-0.15, -0.1) is 0 Å². The molecule has 1 aromatic carbocycles. The number of imidazole rings is 1. The number of hydrogen-bond donors (Lipinski definition) is 2. The Labute approximate surface area is 148 Å². The van der Waals surface area contributed by atoms with Gasteiger partial charge in [0.25, 0.3) is 5.56 Å². The minimum absolute atomic E-state index is 0.221. The molecule has 0 atom stereocenters. The molecule has 7 nitrogen and oxygen atoms in total. The Morgan fingerprint density at radius 2 is 1.85 bits per heavy atom. The van der Waals surface area contributed by atoms with Crippen molar-refractivity contribution < 1.29 is 5.11 Å². The highest BCUT2D eigenvalue weighted by molar-refractivity contribution is 6.01. The second-order valence-electron chi connectivity index (χ2n) is 6.81. The number of benzene rings is 1. The molecule has 0 spiro atoms. The molecule has 0 bridgehead atoms. The van der Waals surface area contributed by atoms with Crippen LogP contribution in [0.15, 0.2) is 58.3 Å². The lowest BCUT2D eigenvalue weighted by Crippen LogP contribution is -2.39. The van der Waals surface area contributed by atoms with Gasteiger partial charge in [0.05, 0.1) is 23.3 Å². The molecule has 0 aliphatic heterocycles. The minimum atomic E-state index is -0.932. The van der Waals surface area contributed by atoms with Gasteiger partial charge in [-0.2, -0.15) is 0 Å². The maximum atomic E-state index is 13.4. The standard InChI is InChI=1S/C19H18N4O3/c1-19(2,11-24)23-15-14(21-18(23)26)13-9-6-10-20-16(13)22(17(15)25)12-7-4-3-5-8-12/h3-10,24H,11H2,1-2H3,(H,21,26). The molecular formula is C19H18N4O3. The fourth-order valence-electron chi connectivity index (χ4n) is 3.27. The summed E-state index contributed by atoms with van der Waals surface area (Å²) >= 11 is 0. The molecule has 0 saturated carbocycles. The lowest BCUT2D eigenvalue weighted by atomic mass is 10.1. The first-order valence-corrected chi connectivity index (χ1v) is 8.27. The molecule has 0 unspecified atom stereocenters. The van der Waals surface area contributed by atoms with Crippen LogP contribution in [0.2, 0.25) is 0 Å². The summed E-state index contributed by atoms with van der Waals surface area (Å²) in [5.74, 6) is 0. The van der Waals surface area contributed by atoms with E-state index in [-0.39, 0.29) is 17.7 Å². The van der Waals surface area contributed by atoms with Crippen molar-refractivity contribution in [1.82, 2.24) is 19.1 Å². The van der Waals surface area contributed by atoms with Crippen LogP contribution in [0.4, 0.5) is 0 Å². The van der Waals surface area contributed by atoms with Gasteiger partial charge in [-0.05, 0) is 38.1 Å². The maximum absolute atomic E-state index is 13.4. The average molecular weight is 350 g/mol. The SMILES string of the molecule is CC(C)(CO)n1c(=O)[nH]c2c3cccnc3n(-c3ccccc3)c(=O)c21. The highest BCUT2D eigenvalue weighted by Gasteiger charge is 2.28. The van der Waals surface area contributed by atoms with E-state index in [2.05, 4.69) is 9.97 Å². The number of fused-ring (bicyclic) bond motifs is 3. The number of aliphatic hydroxyl groups excluding tert-OH is 1. The van der Waals surface area contributed by atoms with E-state index in [1.807, 2.05) is 36.4 Å². The van der Waals surface area contributed by atoms with Crippen LogP contribution in [-0.2, 0) is 5.54 Å². The van der Waals surface area contributed by atoms with Gasteiger partial charge in [0, 0.05) is 11.6 Å². The van der Waals surface area contributed by atoms with Gasteiger partial charge in [0.2, 0.25) is 0 Å².